The molecule has 0 aromatic carbocycles. The summed E-state index contributed by atoms with van der Waals surface area (Å²) in [4.78, 5) is 0. The maximum absolute atomic E-state index is 11.5. The van der Waals surface area contributed by atoms with E-state index in [1.807, 2.05) is 13.8 Å². The SMILES string of the molecule is CCOC1(OCC)CCCS(=O)(=O)C1. The standard InChI is InChI=1S/C9H18O4S/c1-3-12-9(13-4-2)6-5-7-14(10,11)8-9/h3-8H2,1-2H3. The Balaban J connectivity index is 2.75. The predicted molar refractivity (Wildman–Crippen MR) is 53.9 cm³/mol. The fraction of sp³-hybridized carbons (Fsp3) is 1.00. The summed E-state index contributed by atoms with van der Waals surface area (Å²) in [6.45, 7) is 4.66. The van der Waals surface area contributed by atoms with E-state index in [-0.39, 0.29) is 11.5 Å². The summed E-state index contributed by atoms with van der Waals surface area (Å²) in [5.41, 5.74) is 0. The largest absolute Gasteiger partial charge is 0.349 e. The van der Waals surface area contributed by atoms with Crippen LogP contribution in [0.1, 0.15) is 26.7 Å². The lowest BCUT2D eigenvalue weighted by atomic mass is 10.1. The molecule has 4 nitrogen and oxygen atoms in total. The summed E-state index contributed by atoms with van der Waals surface area (Å²) in [5.74, 6) is -0.614. The minimum Gasteiger partial charge on any atom is -0.349 e. The molecule has 1 fully saturated rings. The van der Waals surface area contributed by atoms with Gasteiger partial charge in [0.05, 0.1) is 5.75 Å². The molecule has 5 heteroatoms. The number of ether oxygens (including phenoxy) is 2. The molecular weight excluding hydrogens is 204 g/mol. The first-order valence-corrected chi connectivity index (χ1v) is 6.84. The third kappa shape index (κ3) is 2.93. The molecule has 1 heterocycles. The molecule has 0 unspecified atom stereocenters. The van der Waals surface area contributed by atoms with Crippen molar-refractivity contribution in [3.05, 3.63) is 0 Å². The molecule has 0 N–H and O–H groups in total. The summed E-state index contributed by atoms with van der Waals surface area (Å²) < 4.78 is 33.8. The quantitative estimate of drug-likeness (QED) is 0.665. The normalized spacial score (nSPS) is 24.7. The number of hydrogen-bond donors (Lipinski definition) is 0. The number of sulfone groups is 1. The third-order valence-corrected chi connectivity index (χ3v) is 4.06. The lowest BCUT2D eigenvalue weighted by Gasteiger charge is -2.35. The van der Waals surface area contributed by atoms with Crippen molar-refractivity contribution in [2.24, 2.45) is 0 Å². The van der Waals surface area contributed by atoms with Crippen molar-refractivity contribution in [3.8, 4) is 0 Å². The molecule has 0 spiro atoms. The molecule has 84 valence electrons. The molecule has 0 saturated carbocycles. The minimum atomic E-state index is -2.98. The minimum absolute atomic E-state index is 0.00167. The van der Waals surface area contributed by atoms with Gasteiger partial charge in [0.25, 0.3) is 0 Å². The Hall–Kier alpha value is -0.130. The van der Waals surface area contributed by atoms with E-state index < -0.39 is 15.6 Å². The van der Waals surface area contributed by atoms with E-state index in [1.54, 1.807) is 0 Å². The zero-order valence-corrected chi connectivity index (χ0v) is 9.60. The van der Waals surface area contributed by atoms with Crippen LogP contribution in [-0.4, -0.2) is 38.9 Å². The monoisotopic (exact) mass is 222 g/mol. The molecule has 0 aromatic rings. The van der Waals surface area contributed by atoms with Crippen LogP contribution in [0.25, 0.3) is 0 Å². The maximum Gasteiger partial charge on any atom is 0.182 e. The summed E-state index contributed by atoms with van der Waals surface area (Å²) in [5, 5.41) is 0. The molecule has 0 bridgehead atoms. The van der Waals surface area contributed by atoms with Crippen LogP contribution in [0.4, 0.5) is 0 Å². The van der Waals surface area contributed by atoms with E-state index in [0.717, 1.165) is 0 Å². The zero-order chi connectivity index (χ0) is 10.7. The molecule has 1 rings (SSSR count). The molecule has 0 aliphatic carbocycles. The van der Waals surface area contributed by atoms with Gasteiger partial charge in [0.1, 0.15) is 5.75 Å². The second-order valence-corrected chi connectivity index (χ2v) is 5.66. The van der Waals surface area contributed by atoms with Crippen LogP contribution < -0.4 is 0 Å². The van der Waals surface area contributed by atoms with Crippen LogP contribution in [0.2, 0.25) is 0 Å². The summed E-state index contributed by atoms with van der Waals surface area (Å²) >= 11 is 0. The highest BCUT2D eigenvalue weighted by Crippen LogP contribution is 2.27. The van der Waals surface area contributed by atoms with Gasteiger partial charge in [-0.05, 0) is 20.3 Å². The molecule has 1 saturated heterocycles. The Kier molecular flexibility index (Phi) is 3.92. The van der Waals surface area contributed by atoms with Crippen LogP contribution in [0.5, 0.6) is 0 Å². The molecule has 1 aliphatic rings. The van der Waals surface area contributed by atoms with Gasteiger partial charge in [0.15, 0.2) is 15.6 Å². The van der Waals surface area contributed by atoms with Gasteiger partial charge in [0, 0.05) is 19.6 Å². The van der Waals surface area contributed by atoms with Crippen molar-refractivity contribution in [1.29, 1.82) is 0 Å². The van der Waals surface area contributed by atoms with Crippen molar-refractivity contribution >= 4 is 9.84 Å². The Morgan fingerprint density at radius 3 is 2.21 bits per heavy atom. The Bertz CT molecular complexity index is 259. The fourth-order valence-corrected chi connectivity index (χ4v) is 3.55. The molecule has 1 aliphatic heterocycles. The topological polar surface area (TPSA) is 52.6 Å². The van der Waals surface area contributed by atoms with E-state index in [4.69, 9.17) is 9.47 Å². The van der Waals surface area contributed by atoms with Crippen molar-refractivity contribution in [3.63, 3.8) is 0 Å². The Morgan fingerprint density at radius 2 is 1.79 bits per heavy atom. The van der Waals surface area contributed by atoms with Crippen LogP contribution in [-0.2, 0) is 19.3 Å². The van der Waals surface area contributed by atoms with Gasteiger partial charge in [0.2, 0.25) is 0 Å². The second-order valence-electron chi connectivity index (χ2n) is 3.47. The Labute approximate surface area is 85.5 Å². The summed E-state index contributed by atoms with van der Waals surface area (Å²) in [6.07, 6.45) is 1.30. The molecule has 0 amide bonds. The molecule has 0 atom stereocenters. The lowest BCUT2D eigenvalue weighted by Crippen LogP contribution is -2.47. The van der Waals surface area contributed by atoms with Gasteiger partial charge in [-0.2, -0.15) is 0 Å². The van der Waals surface area contributed by atoms with Crippen LogP contribution >= 0.6 is 0 Å². The summed E-state index contributed by atoms with van der Waals surface area (Å²) in [6, 6.07) is 0. The summed E-state index contributed by atoms with van der Waals surface area (Å²) in [7, 11) is -2.98. The van der Waals surface area contributed by atoms with Gasteiger partial charge in [-0.3, -0.25) is 0 Å². The van der Waals surface area contributed by atoms with Gasteiger partial charge >= 0.3 is 0 Å². The zero-order valence-electron chi connectivity index (χ0n) is 8.78. The average Bonchev–Trinajstić information content (AvgIpc) is 2.02. The molecular formula is C9H18O4S. The van der Waals surface area contributed by atoms with Gasteiger partial charge in [-0.1, -0.05) is 0 Å². The number of hydrogen-bond acceptors (Lipinski definition) is 4. The predicted octanol–water partition coefficient (Wildman–Crippen LogP) is 0.964. The highest BCUT2D eigenvalue weighted by Gasteiger charge is 2.40. The first-order valence-electron chi connectivity index (χ1n) is 5.02. The first kappa shape index (κ1) is 11.9. The van der Waals surface area contributed by atoms with Crippen molar-refractivity contribution in [1.82, 2.24) is 0 Å². The lowest BCUT2D eigenvalue weighted by molar-refractivity contribution is -0.223. The first-order chi connectivity index (χ1) is 6.54. The van der Waals surface area contributed by atoms with E-state index in [0.29, 0.717) is 26.1 Å². The van der Waals surface area contributed by atoms with Crippen LogP contribution in [0.15, 0.2) is 0 Å². The van der Waals surface area contributed by atoms with Crippen molar-refractivity contribution in [2.45, 2.75) is 32.5 Å². The van der Waals surface area contributed by atoms with Crippen LogP contribution in [0.3, 0.4) is 0 Å². The average molecular weight is 222 g/mol. The molecule has 0 radical (unpaired) electrons. The highest BCUT2D eigenvalue weighted by molar-refractivity contribution is 7.91. The van der Waals surface area contributed by atoms with Gasteiger partial charge in [-0.15, -0.1) is 0 Å². The van der Waals surface area contributed by atoms with E-state index in [9.17, 15) is 8.42 Å². The van der Waals surface area contributed by atoms with Crippen molar-refractivity contribution in [2.75, 3.05) is 24.7 Å². The van der Waals surface area contributed by atoms with E-state index >= 15 is 0 Å². The van der Waals surface area contributed by atoms with Gasteiger partial charge < -0.3 is 9.47 Å². The highest BCUT2D eigenvalue weighted by atomic mass is 32.2. The molecule has 0 aromatic heterocycles. The Morgan fingerprint density at radius 1 is 1.21 bits per heavy atom. The van der Waals surface area contributed by atoms with E-state index in [1.165, 1.54) is 0 Å². The molecule has 14 heavy (non-hydrogen) atoms. The smallest absolute Gasteiger partial charge is 0.182 e. The maximum atomic E-state index is 11.5. The second kappa shape index (κ2) is 4.59. The third-order valence-electron chi connectivity index (χ3n) is 2.27. The number of rotatable bonds is 4. The fourth-order valence-electron chi connectivity index (χ4n) is 1.84. The van der Waals surface area contributed by atoms with E-state index in [2.05, 4.69) is 0 Å². The van der Waals surface area contributed by atoms with Gasteiger partial charge in [-0.25, -0.2) is 8.42 Å². The van der Waals surface area contributed by atoms with Crippen molar-refractivity contribution < 1.29 is 17.9 Å². The van der Waals surface area contributed by atoms with Crippen LogP contribution in [0, 0.1) is 0 Å².